The van der Waals surface area contributed by atoms with Gasteiger partial charge in [0.1, 0.15) is 5.75 Å². The average Bonchev–Trinajstić information content (AvgIpc) is 2.63. The standard InChI is InChI=1S/C21H32N2O3/c1-3-4-5-17-8-10-22(11-9-17)13-18(24)14-23-19-12-16(2)6-7-20(19)26-15-21(23)25/h6-7,12,17-18,24H,3-5,8-11,13-15H2,1-2H3. The number of aryl methyl sites for hydroxylation is 1. The summed E-state index contributed by atoms with van der Waals surface area (Å²) in [6.45, 7) is 7.36. The van der Waals surface area contributed by atoms with Gasteiger partial charge in [0.15, 0.2) is 6.61 Å². The van der Waals surface area contributed by atoms with Crippen LogP contribution in [0.15, 0.2) is 18.2 Å². The molecular weight excluding hydrogens is 328 g/mol. The zero-order chi connectivity index (χ0) is 18.5. The zero-order valence-corrected chi connectivity index (χ0v) is 16.1. The second-order valence-electron chi connectivity index (χ2n) is 7.80. The molecule has 0 saturated carbocycles. The Kier molecular flexibility index (Phi) is 6.54. The molecule has 1 unspecified atom stereocenters. The normalized spacial score (nSPS) is 20.0. The molecule has 0 aliphatic carbocycles. The maximum absolute atomic E-state index is 12.3. The lowest BCUT2D eigenvalue weighted by molar-refractivity contribution is -0.121. The van der Waals surface area contributed by atoms with Crippen LogP contribution in [0, 0.1) is 12.8 Å². The van der Waals surface area contributed by atoms with E-state index < -0.39 is 6.10 Å². The van der Waals surface area contributed by atoms with Crippen LogP contribution >= 0.6 is 0 Å². The number of carbonyl (C=O) groups excluding carboxylic acids is 1. The first-order chi connectivity index (χ1) is 12.6. The molecule has 1 saturated heterocycles. The summed E-state index contributed by atoms with van der Waals surface area (Å²) in [5.41, 5.74) is 1.86. The second-order valence-corrected chi connectivity index (χ2v) is 7.80. The minimum Gasteiger partial charge on any atom is -0.482 e. The number of β-amino-alcohol motifs (C(OH)–C–C–N with tert-alkyl or cyclic N) is 1. The van der Waals surface area contributed by atoms with Gasteiger partial charge in [-0.25, -0.2) is 0 Å². The van der Waals surface area contributed by atoms with E-state index in [0.29, 0.717) is 13.1 Å². The van der Waals surface area contributed by atoms with Gasteiger partial charge in [0.25, 0.3) is 5.91 Å². The van der Waals surface area contributed by atoms with Gasteiger partial charge in [-0.15, -0.1) is 0 Å². The molecule has 26 heavy (non-hydrogen) atoms. The maximum Gasteiger partial charge on any atom is 0.265 e. The Hall–Kier alpha value is -1.59. The minimum absolute atomic E-state index is 0.0472. The molecule has 0 aromatic heterocycles. The molecule has 0 bridgehead atoms. The number of rotatable bonds is 7. The van der Waals surface area contributed by atoms with Crippen LogP contribution in [0.4, 0.5) is 5.69 Å². The Balaban J connectivity index is 1.53. The third-order valence-electron chi connectivity index (χ3n) is 5.59. The van der Waals surface area contributed by atoms with E-state index in [9.17, 15) is 9.90 Å². The van der Waals surface area contributed by atoms with E-state index in [0.717, 1.165) is 36.0 Å². The predicted octanol–water partition coefficient (Wildman–Crippen LogP) is 2.98. The number of carbonyl (C=O) groups is 1. The van der Waals surface area contributed by atoms with Crippen molar-refractivity contribution >= 4 is 11.6 Å². The van der Waals surface area contributed by atoms with Crippen molar-refractivity contribution in [3.05, 3.63) is 23.8 Å². The van der Waals surface area contributed by atoms with Crippen LogP contribution in [0.1, 0.15) is 44.6 Å². The molecule has 1 amide bonds. The topological polar surface area (TPSA) is 53.0 Å². The van der Waals surface area contributed by atoms with Crippen LogP contribution in [-0.2, 0) is 4.79 Å². The van der Waals surface area contributed by atoms with Crippen LogP contribution in [-0.4, -0.2) is 54.8 Å². The van der Waals surface area contributed by atoms with Crippen molar-refractivity contribution < 1.29 is 14.6 Å². The number of ether oxygens (including phenoxy) is 1. The van der Waals surface area contributed by atoms with E-state index in [-0.39, 0.29) is 12.5 Å². The number of amides is 1. The summed E-state index contributed by atoms with van der Waals surface area (Å²) in [5, 5.41) is 10.6. The highest BCUT2D eigenvalue weighted by atomic mass is 16.5. The summed E-state index contributed by atoms with van der Waals surface area (Å²) >= 11 is 0. The summed E-state index contributed by atoms with van der Waals surface area (Å²) in [5.74, 6) is 1.48. The molecule has 2 aliphatic heterocycles. The van der Waals surface area contributed by atoms with Crippen molar-refractivity contribution in [3.8, 4) is 5.75 Å². The fraction of sp³-hybridized carbons (Fsp3) is 0.667. The number of anilines is 1. The number of benzene rings is 1. The van der Waals surface area contributed by atoms with Crippen LogP contribution in [0.5, 0.6) is 5.75 Å². The molecule has 1 N–H and O–H groups in total. The second kappa shape index (κ2) is 8.87. The van der Waals surface area contributed by atoms with E-state index in [2.05, 4.69) is 11.8 Å². The lowest BCUT2D eigenvalue weighted by atomic mass is 9.91. The highest BCUT2D eigenvalue weighted by Crippen LogP contribution is 2.33. The van der Waals surface area contributed by atoms with Crippen molar-refractivity contribution in [3.63, 3.8) is 0 Å². The monoisotopic (exact) mass is 360 g/mol. The highest BCUT2D eigenvalue weighted by molar-refractivity contribution is 5.98. The number of fused-ring (bicyclic) bond motifs is 1. The number of aliphatic hydroxyl groups excluding tert-OH is 1. The molecule has 3 rings (SSSR count). The highest BCUT2D eigenvalue weighted by Gasteiger charge is 2.28. The molecule has 1 fully saturated rings. The van der Waals surface area contributed by atoms with Crippen molar-refractivity contribution in [1.82, 2.24) is 4.90 Å². The van der Waals surface area contributed by atoms with Crippen LogP contribution in [0.2, 0.25) is 0 Å². The number of hydrogen-bond donors (Lipinski definition) is 1. The first-order valence-electron chi connectivity index (χ1n) is 10.0. The molecule has 2 aliphatic rings. The third-order valence-corrected chi connectivity index (χ3v) is 5.59. The molecular formula is C21H32N2O3. The quantitative estimate of drug-likeness (QED) is 0.812. The SMILES string of the molecule is CCCCC1CCN(CC(O)CN2C(=O)COc3ccc(C)cc32)CC1. The average molecular weight is 360 g/mol. The first-order valence-corrected chi connectivity index (χ1v) is 10.0. The summed E-state index contributed by atoms with van der Waals surface area (Å²) in [4.78, 5) is 16.3. The van der Waals surface area contributed by atoms with Gasteiger partial charge in [0.05, 0.1) is 18.3 Å². The first kappa shape index (κ1) is 19.2. The number of aliphatic hydroxyl groups is 1. The minimum atomic E-state index is -0.544. The largest absolute Gasteiger partial charge is 0.482 e. The lowest BCUT2D eigenvalue weighted by Crippen LogP contribution is -2.47. The lowest BCUT2D eigenvalue weighted by Gasteiger charge is -2.35. The van der Waals surface area contributed by atoms with Crippen LogP contribution < -0.4 is 9.64 Å². The summed E-state index contributed by atoms with van der Waals surface area (Å²) in [6, 6.07) is 5.84. The summed E-state index contributed by atoms with van der Waals surface area (Å²) in [6.07, 6.45) is 5.85. The van der Waals surface area contributed by atoms with Gasteiger partial charge < -0.3 is 19.6 Å². The number of hydrogen-bond acceptors (Lipinski definition) is 4. The molecule has 1 atom stereocenters. The Morgan fingerprint density at radius 3 is 2.77 bits per heavy atom. The summed E-state index contributed by atoms with van der Waals surface area (Å²) in [7, 11) is 0. The van der Waals surface area contributed by atoms with E-state index in [1.54, 1.807) is 4.90 Å². The van der Waals surface area contributed by atoms with E-state index in [1.165, 1.54) is 32.1 Å². The molecule has 0 spiro atoms. The molecule has 5 nitrogen and oxygen atoms in total. The fourth-order valence-electron chi connectivity index (χ4n) is 4.03. The predicted molar refractivity (Wildman–Crippen MR) is 104 cm³/mol. The molecule has 5 heteroatoms. The molecule has 0 radical (unpaired) electrons. The Labute approximate surface area is 156 Å². The van der Waals surface area contributed by atoms with Gasteiger partial charge in [-0.3, -0.25) is 4.79 Å². The Morgan fingerprint density at radius 1 is 1.27 bits per heavy atom. The molecule has 144 valence electrons. The number of piperidine rings is 1. The van der Waals surface area contributed by atoms with Crippen molar-refractivity contribution in [2.24, 2.45) is 5.92 Å². The van der Waals surface area contributed by atoms with Crippen molar-refractivity contribution in [2.75, 3.05) is 37.7 Å². The third kappa shape index (κ3) is 4.77. The molecule has 1 aromatic carbocycles. The molecule has 1 aromatic rings. The van der Waals surface area contributed by atoms with Gasteiger partial charge >= 0.3 is 0 Å². The summed E-state index contributed by atoms with van der Waals surface area (Å²) < 4.78 is 5.51. The Bertz CT molecular complexity index is 611. The van der Waals surface area contributed by atoms with Gasteiger partial charge in [0, 0.05) is 6.54 Å². The molecule has 2 heterocycles. The maximum atomic E-state index is 12.3. The Morgan fingerprint density at radius 2 is 2.04 bits per heavy atom. The van der Waals surface area contributed by atoms with Crippen molar-refractivity contribution in [1.29, 1.82) is 0 Å². The zero-order valence-electron chi connectivity index (χ0n) is 16.1. The number of unbranched alkanes of at least 4 members (excludes halogenated alkanes) is 1. The van der Waals surface area contributed by atoms with E-state index in [4.69, 9.17) is 4.74 Å². The van der Waals surface area contributed by atoms with Gasteiger partial charge in [-0.05, 0) is 56.5 Å². The van der Waals surface area contributed by atoms with E-state index in [1.807, 2.05) is 25.1 Å². The van der Waals surface area contributed by atoms with Gasteiger partial charge in [0.2, 0.25) is 0 Å². The van der Waals surface area contributed by atoms with Gasteiger partial charge in [-0.1, -0.05) is 32.3 Å². The van der Waals surface area contributed by atoms with Crippen molar-refractivity contribution in [2.45, 2.75) is 52.1 Å². The smallest absolute Gasteiger partial charge is 0.265 e. The van der Waals surface area contributed by atoms with Crippen LogP contribution in [0.3, 0.4) is 0 Å². The van der Waals surface area contributed by atoms with Crippen LogP contribution in [0.25, 0.3) is 0 Å². The van der Waals surface area contributed by atoms with Gasteiger partial charge in [-0.2, -0.15) is 0 Å². The number of nitrogens with zero attached hydrogens (tertiary/aromatic N) is 2. The number of likely N-dealkylation sites (tertiary alicyclic amines) is 1. The fourth-order valence-corrected chi connectivity index (χ4v) is 4.03. The van der Waals surface area contributed by atoms with E-state index >= 15 is 0 Å².